The van der Waals surface area contributed by atoms with E-state index in [1.807, 2.05) is 27.7 Å². The molecule has 2 heterocycles. The van der Waals surface area contributed by atoms with Crippen molar-refractivity contribution in [1.82, 2.24) is 4.90 Å². The first-order valence-electron chi connectivity index (χ1n) is 8.74. The van der Waals surface area contributed by atoms with Crippen LogP contribution in [0.4, 0.5) is 8.78 Å². The van der Waals surface area contributed by atoms with E-state index in [2.05, 4.69) is 0 Å². The number of hydrogen-bond donors (Lipinski definition) is 0. The van der Waals surface area contributed by atoms with Crippen molar-refractivity contribution in [3.05, 3.63) is 28.8 Å². The summed E-state index contributed by atoms with van der Waals surface area (Å²) >= 11 is 6.37. The number of amides is 1. The standard InChI is InChI=1S/C18H23BClF2NO3/c1-16(2)17(3,4)26-19(25-16)13-6-5-12(11-14(13)20)15(24)23-9-7-18(21,22)8-10-23/h5-6,11H,7-10H2,1-4H3. The first-order valence-corrected chi connectivity index (χ1v) is 9.12. The number of benzene rings is 1. The number of hydrogen-bond acceptors (Lipinski definition) is 3. The molecule has 0 spiro atoms. The molecule has 4 nitrogen and oxygen atoms in total. The van der Waals surface area contributed by atoms with Crippen LogP contribution in [-0.2, 0) is 9.31 Å². The van der Waals surface area contributed by atoms with Gasteiger partial charge in [-0.1, -0.05) is 17.7 Å². The number of carbonyl (C=O) groups is 1. The van der Waals surface area contributed by atoms with Gasteiger partial charge in [-0.25, -0.2) is 8.78 Å². The lowest BCUT2D eigenvalue weighted by Gasteiger charge is -2.32. The van der Waals surface area contributed by atoms with E-state index in [4.69, 9.17) is 20.9 Å². The van der Waals surface area contributed by atoms with E-state index in [0.717, 1.165) is 0 Å². The van der Waals surface area contributed by atoms with Gasteiger partial charge in [-0.2, -0.15) is 0 Å². The maximum absolute atomic E-state index is 13.3. The lowest BCUT2D eigenvalue weighted by atomic mass is 9.78. The normalized spacial score (nSPS) is 24.0. The summed E-state index contributed by atoms with van der Waals surface area (Å²) in [5.41, 5.74) is 0.0378. The topological polar surface area (TPSA) is 38.8 Å². The van der Waals surface area contributed by atoms with Crippen LogP contribution >= 0.6 is 11.6 Å². The minimum absolute atomic E-state index is 0.0441. The van der Waals surface area contributed by atoms with Crippen molar-refractivity contribution >= 4 is 30.1 Å². The molecule has 0 aliphatic carbocycles. The van der Waals surface area contributed by atoms with Crippen molar-refractivity contribution < 1.29 is 22.9 Å². The third kappa shape index (κ3) is 3.62. The van der Waals surface area contributed by atoms with Gasteiger partial charge in [0.25, 0.3) is 11.8 Å². The largest absolute Gasteiger partial charge is 0.496 e. The summed E-state index contributed by atoms with van der Waals surface area (Å²) < 4.78 is 38.5. The van der Waals surface area contributed by atoms with Crippen LogP contribution in [0.1, 0.15) is 50.9 Å². The molecule has 0 bridgehead atoms. The number of likely N-dealkylation sites (tertiary alicyclic amines) is 1. The van der Waals surface area contributed by atoms with Gasteiger partial charge in [0.2, 0.25) is 0 Å². The monoisotopic (exact) mass is 385 g/mol. The summed E-state index contributed by atoms with van der Waals surface area (Å²) in [6.45, 7) is 7.89. The van der Waals surface area contributed by atoms with Gasteiger partial charge in [0.15, 0.2) is 0 Å². The molecule has 8 heteroatoms. The number of piperidine rings is 1. The van der Waals surface area contributed by atoms with Crippen LogP contribution < -0.4 is 5.46 Å². The molecule has 0 radical (unpaired) electrons. The molecule has 2 fully saturated rings. The fraction of sp³-hybridized carbons (Fsp3) is 0.611. The van der Waals surface area contributed by atoms with E-state index in [1.165, 1.54) is 4.90 Å². The highest BCUT2D eigenvalue weighted by Crippen LogP contribution is 2.37. The van der Waals surface area contributed by atoms with E-state index in [1.54, 1.807) is 18.2 Å². The van der Waals surface area contributed by atoms with Crippen molar-refractivity contribution in [2.75, 3.05) is 13.1 Å². The Kier molecular flexibility index (Phi) is 4.87. The summed E-state index contributed by atoms with van der Waals surface area (Å²) in [6.07, 6.45) is -0.614. The zero-order valence-electron chi connectivity index (χ0n) is 15.4. The van der Waals surface area contributed by atoms with Crippen LogP contribution in [0, 0.1) is 0 Å². The Hall–Kier alpha value is -1.18. The van der Waals surface area contributed by atoms with Gasteiger partial charge in [-0.3, -0.25) is 4.79 Å². The summed E-state index contributed by atoms with van der Waals surface area (Å²) in [5, 5.41) is 0.358. The number of halogens is 3. The fourth-order valence-electron chi connectivity index (χ4n) is 3.04. The number of rotatable bonds is 2. The molecule has 2 aliphatic rings. The predicted octanol–water partition coefficient (Wildman–Crippen LogP) is 3.51. The third-order valence-corrected chi connectivity index (χ3v) is 5.86. The van der Waals surface area contributed by atoms with Crippen molar-refractivity contribution in [2.24, 2.45) is 0 Å². The van der Waals surface area contributed by atoms with E-state index in [0.29, 0.717) is 16.0 Å². The molecule has 1 aromatic carbocycles. The van der Waals surface area contributed by atoms with Crippen molar-refractivity contribution in [1.29, 1.82) is 0 Å². The molecule has 0 saturated carbocycles. The van der Waals surface area contributed by atoms with Crippen molar-refractivity contribution in [3.8, 4) is 0 Å². The van der Waals surface area contributed by atoms with Gasteiger partial charge in [0, 0.05) is 42.0 Å². The molecule has 26 heavy (non-hydrogen) atoms. The molecule has 142 valence electrons. The summed E-state index contributed by atoms with van der Waals surface area (Å²) in [7, 11) is -0.620. The first kappa shape index (κ1) is 19.6. The molecule has 1 aromatic rings. The van der Waals surface area contributed by atoms with Gasteiger partial charge in [-0.15, -0.1) is 0 Å². The summed E-state index contributed by atoms with van der Waals surface area (Å²) in [4.78, 5) is 14.0. The zero-order valence-corrected chi connectivity index (χ0v) is 16.2. The van der Waals surface area contributed by atoms with Crippen molar-refractivity contribution in [2.45, 2.75) is 57.7 Å². The Morgan fingerprint density at radius 2 is 1.65 bits per heavy atom. The SMILES string of the molecule is CC1(C)OB(c2ccc(C(=O)N3CCC(F)(F)CC3)cc2Cl)OC1(C)C. The van der Waals surface area contributed by atoms with Crippen LogP contribution in [-0.4, -0.2) is 48.1 Å². The Morgan fingerprint density at radius 3 is 2.15 bits per heavy atom. The first-order chi connectivity index (χ1) is 11.9. The fourth-order valence-corrected chi connectivity index (χ4v) is 3.31. The molecule has 3 rings (SSSR count). The Bertz CT molecular complexity index is 700. The Morgan fingerprint density at radius 1 is 1.12 bits per heavy atom. The van der Waals surface area contributed by atoms with Crippen molar-refractivity contribution in [3.63, 3.8) is 0 Å². The molecule has 2 saturated heterocycles. The van der Waals surface area contributed by atoms with Crippen LogP contribution in [0.5, 0.6) is 0 Å². The minimum atomic E-state index is -2.69. The molecule has 1 amide bonds. The quantitative estimate of drug-likeness (QED) is 0.731. The molecule has 0 unspecified atom stereocenters. The summed E-state index contributed by atoms with van der Waals surface area (Å²) in [5.74, 6) is -2.97. The second-order valence-electron chi connectivity index (χ2n) is 7.97. The van der Waals surface area contributed by atoms with Crippen LogP contribution in [0.3, 0.4) is 0 Å². The van der Waals surface area contributed by atoms with E-state index < -0.39 is 24.2 Å². The number of carbonyl (C=O) groups excluding carboxylic acids is 1. The lowest BCUT2D eigenvalue weighted by Crippen LogP contribution is -2.43. The van der Waals surface area contributed by atoms with E-state index >= 15 is 0 Å². The smallest absolute Gasteiger partial charge is 0.399 e. The second-order valence-corrected chi connectivity index (χ2v) is 8.38. The van der Waals surface area contributed by atoms with E-state index in [-0.39, 0.29) is 31.8 Å². The average Bonchev–Trinajstić information content (AvgIpc) is 2.74. The molecular weight excluding hydrogens is 362 g/mol. The minimum Gasteiger partial charge on any atom is -0.399 e. The predicted molar refractivity (Wildman–Crippen MR) is 97.3 cm³/mol. The zero-order chi connectivity index (χ0) is 19.3. The van der Waals surface area contributed by atoms with E-state index in [9.17, 15) is 13.6 Å². The lowest BCUT2D eigenvalue weighted by molar-refractivity contribution is -0.0494. The maximum Gasteiger partial charge on any atom is 0.496 e. The van der Waals surface area contributed by atoms with Crippen LogP contribution in [0.2, 0.25) is 5.02 Å². The highest BCUT2D eigenvalue weighted by molar-refractivity contribution is 6.65. The van der Waals surface area contributed by atoms with Gasteiger partial charge in [0.1, 0.15) is 0 Å². The van der Waals surface area contributed by atoms with Crippen LogP contribution in [0.15, 0.2) is 18.2 Å². The van der Waals surface area contributed by atoms with Gasteiger partial charge in [-0.05, 0) is 39.8 Å². The van der Waals surface area contributed by atoms with Gasteiger partial charge in [0.05, 0.1) is 11.2 Å². The Balaban J connectivity index is 1.75. The Labute approximate surface area is 157 Å². The summed E-state index contributed by atoms with van der Waals surface area (Å²) in [6, 6.07) is 4.90. The van der Waals surface area contributed by atoms with Crippen LogP contribution in [0.25, 0.3) is 0 Å². The third-order valence-electron chi connectivity index (χ3n) is 5.54. The maximum atomic E-state index is 13.3. The highest BCUT2D eigenvalue weighted by Gasteiger charge is 2.52. The average molecular weight is 386 g/mol. The molecule has 0 atom stereocenters. The molecule has 2 aliphatic heterocycles. The molecular formula is C18H23BClF2NO3. The molecule has 0 aromatic heterocycles. The number of nitrogens with zero attached hydrogens (tertiary/aromatic N) is 1. The highest BCUT2D eigenvalue weighted by atomic mass is 35.5. The number of alkyl halides is 2. The van der Waals surface area contributed by atoms with Gasteiger partial charge >= 0.3 is 7.12 Å². The van der Waals surface area contributed by atoms with Gasteiger partial charge < -0.3 is 14.2 Å². The molecule has 0 N–H and O–H groups in total. The second kappa shape index (κ2) is 6.46.